The van der Waals surface area contributed by atoms with Gasteiger partial charge in [0.05, 0.1) is 7.32 Å². The van der Waals surface area contributed by atoms with Crippen molar-refractivity contribution in [2.75, 3.05) is 19.8 Å². The van der Waals surface area contributed by atoms with Crippen molar-refractivity contribution in [2.24, 2.45) is 0 Å². The summed E-state index contributed by atoms with van der Waals surface area (Å²) in [4.78, 5) is 34.9. The molecule has 0 saturated carbocycles. The lowest BCUT2D eigenvalue weighted by Gasteiger charge is -2.37. The summed E-state index contributed by atoms with van der Waals surface area (Å²) >= 11 is 0. The summed E-state index contributed by atoms with van der Waals surface area (Å²) in [6.07, 6.45) is 4.70. The maximum absolute atomic E-state index is 12.1. The first-order chi connectivity index (χ1) is 31.1. The number of hydrogen-bond donors (Lipinski definition) is 0. The quantitative estimate of drug-likeness (QED) is 0.0270. The van der Waals surface area contributed by atoms with E-state index < -0.39 is 19.3 Å². The van der Waals surface area contributed by atoms with Gasteiger partial charge < -0.3 is 24.2 Å². The van der Waals surface area contributed by atoms with Crippen molar-refractivity contribution < 1.29 is 52.9 Å². The first kappa shape index (κ1) is 47.9. The molecule has 0 N–H and O–H groups in total. The fourth-order valence-electron chi connectivity index (χ4n) is 6.97. The Balaban J connectivity index is 0.000000184. The van der Waals surface area contributed by atoms with Crippen LogP contribution in [0.25, 0.3) is 0 Å². The Hall–Kier alpha value is -7.12. The Morgan fingerprint density at radius 1 is 0.531 bits per heavy atom. The van der Waals surface area contributed by atoms with Crippen LogP contribution in [-0.2, 0) is 10.1 Å². The summed E-state index contributed by atoms with van der Waals surface area (Å²) in [5.74, 6) is 0.160. The Morgan fingerprint density at radius 3 is 1.28 bits per heavy atom. The van der Waals surface area contributed by atoms with Crippen LogP contribution < -0.4 is 38.7 Å². The molecule has 5 aromatic carbocycles. The van der Waals surface area contributed by atoms with E-state index in [0.29, 0.717) is 42.5 Å². The van der Waals surface area contributed by atoms with E-state index in [1.54, 1.807) is 60.9 Å². The molecule has 0 bridgehead atoms. The second kappa shape index (κ2) is 25.1. The fraction of sp³-hybridized carbons (Fsp3) is 0.192. The molecule has 0 amide bonds. The molecule has 2 aromatic heterocycles. The van der Waals surface area contributed by atoms with E-state index in [4.69, 9.17) is 23.8 Å². The highest BCUT2D eigenvalue weighted by atomic mass is 16.7. The van der Waals surface area contributed by atoms with Crippen molar-refractivity contribution in [1.82, 2.24) is 0 Å². The average molecular weight is 861 g/mol. The summed E-state index contributed by atoms with van der Waals surface area (Å²) in [6.45, 7) is 8.70. The van der Waals surface area contributed by atoms with Crippen LogP contribution in [0.1, 0.15) is 75.5 Å². The van der Waals surface area contributed by atoms with E-state index in [1.165, 1.54) is 26.2 Å². The second-order valence-corrected chi connectivity index (χ2v) is 14.3. The van der Waals surface area contributed by atoms with Crippen LogP contribution in [0.5, 0.6) is 11.5 Å². The minimum Gasteiger partial charge on any atom is -0.871 e. The second-order valence-electron chi connectivity index (χ2n) is 14.3. The van der Waals surface area contributed by atoms with Crippen molar-refractivity contribution in [3.8, 4) is 11.5 Å². The van der Waals surface area contributed by atoms with E-state index in [1.807, 2.05) is 119 Å². The minimum absolute atomic E-state index is 0.159. The van der Waals surface area contributed by atoms with Gasteiger partial charge in [0.2, 0.25) is 12.4 Å². The first-order valence-corrected chi connectivity index (χ1v) is 21.1. The van der Waals surface area contributed by atoms with Gasteiger partial charge in [0, 0.05) is 45.7 Å². The lowest BCUT2D eigenvalue weighted by Crippen LogP contribution is -2.48. The molecule has 7 rings (SSSR count). The predicted molar refractivity (Wildman–Crippen MR) is 240 cm³/mol. The molecule has 11 nitrogen and oxygen atoms in total. The molecule has 0 aliphatic heterocycles. The number of nitrogens with zero attached hydrogens (tertiary/aromatic N) is 2. The van der Waals surface area contributed by atoms with E-state index in [0.717, 1.165) is 17.5 Å². The number of benzene rings is 5. The standard InChI is InChI=1S/C22H21BO3.2C15H16NO3/c24-23(25)26-18-10-17-22(19-11-4-1-5-12-19,20-13-6-2-7-14-20)21-15-8-3-9-16-21;2*1-3-18-16-10-5-4-9-14(16)15(17)19-13-8-6-7-12(2)11-13/h1-9,11-16H,10,17-18H2;2*4-11H,3H2,1-2H3/q-2;2*+1. The fourth-order valence-corrected chi connectivity index (χ4v) is 6.97. The number of carbonyl (C=O) groups excluding carboxylic acids is 2. The molecule has 0 spiro atoms. The van der Waals surface area contributed by atoms with Crippen LogP contribution in [0.4, 0.5) is 0 Å². The molecule has 2 heterocycles. The summed E-state index contributed by atoms with van der Waals surface area (Å²) in [6, 6.07) is 56.2. The number of aromatic nitrogens is 2. The van der Waals surface area contributed by atoms with Crippen LogP contribution in [0, 0.1) is 13.8 Å². The van der Waals surface area contributed by atoms with Crippen LogP contribution in [-0.4, -0.2) is 39.1 Å². The Morgan fingerprint density at radius 2 is 0.922 bits per heavy atom. The molecule has 64 heavy (non-hydrogen) atoms. The molecular weight excluding hydrogens is 807 g/mol. The zero-order valence-corrected chi connectivity index (χ0v) is 36.6. The van der Waals surface area contributed by atoms with Crippen LogP contribution in [0.15, 0.2) is 188 Å². The van der Waals surface area contributed by atoms with Gasteiger partial charge in [-0.25, -0.2) is 9.59 Å². The Labute approximate surface area is 375 Å². The molecule has 7 aromatic rings. The molecule has 0 unspecified atom stereocenters. The first-order valence-electron chi connectivity index (χ1n) is 21.1. The lowest BCUT2D eigenvalue weighted by atomic mass is 9.67. The maximum atomic E-state index is 12.1. The monoisotopic (exact) mass is 860 g/mol. The highest BCUT2D eigenvalue weighted by molar-refractivity contribution is 6.28. The van der Waals surface area contributed by atoms with Gasteiger partial charge in [0.25, 0.3) is 0 Å². The highest BCUT2D eigenvalue weighted by Gasteiger charge is 2.35. The molecule has 0 fully saturated rings. The number of ether oxygens (including phenoxy) is 2. The van der Waals surface area contributed by atoms with Gasteiger partial charge >= 0.3 is 23.3 Å². The molecule has 12 heteroatoms. The van der Waals surface area contributed by atoms with Gasteiger partial charge in [-0.3, -0.25) is 9.68 Å². The minimum atomic E-state index is -2.23. The average Bonchev–Trinajstić information content (AvgIpc) is 3.31. The topological polar surface area (TPSA) is 134 Å². The summed E-state index contributed by atoms with van der Waals surface area (Å²) < 4.78 is 18.2. The summed E-state index contributed by atoms with van der Waals surface area (Å²) in [5.41, 5.74) is 5.95. The Bertz CT molecular complexity index is 2290. The number of carbonyl (C=O) groups is 2. The van der Waals surface area contributed by atoms with Crippen LogP contribution in [0.2, 0.25) is 0 Å². The van der Waals surface area contributed by atoms with Crippen LogP contribution in [0.3, 0.4) is 0 Å². The van der Waals surface area contributed by atoms with Crippen LogP contribution >= 0.6 is 0 Å². The van der Waals surface area contributed by atoms with Gasteiger partial charge in [-0.2, -0.15) is 0 Å². The normalized spacial score (nSPS) is 10.5. The number of rotatable bonds is 16. The maximum Gasteiger partial charge on any atom is 0.414 e. The number of aryl methyl sites for hydroxylation is 2. The predicted octanol–water partition coefficient (Wildman–Crippen LogP) is 6.42. The molecule has 0 aliphatic rings. The van der Waals surface area contributed by atoms with E-state index >= 15 is 0 Å². The molecular formula is C52H53BN2O9. The Kier molecular flexibility index (Phi) is 18.8. The zero-order valence-electron chi connectivity index (χ0n) is 36.6. The zero-order chi connectivity index (χ0) is 45.6. The lowest BCUT2D eigenvalue weighted by molar-refractivity contribution is -0.892. The van der Waals surface area contributed by atoms with Gasteiger partial charge in [0.1, 0.15) is 11.5 Å². The number of hydrogen-bond acceptors (Lipinski definition) is 9. The van der Waals surface area contributed by atoms with Crippen molar-refractivity contribution in [1.29, 1.82) is 0 Å². The van der Waals surface area contributed by atoms with E-state index in [-0.39, 0.29) is 12.0 Å². The molecule has 0 atom stereocenters. The van der Waals surface area contributed by atoms with Gasteiger partial charge in [-0.1, -0.05) is 115 Å². The smallest absolute Gasteiger partial charge is 0.414 e. The third kappa shape index (κ3) is 13.9. The SMILES string of the molecule is CCO[n+]1ccccc1C(=O)Oc1cccc(C)c1.CCO[n+]1ccccc1C(=O)Oc1cccc(C)c1.[O-]B([O-])OCCCC(c1ccccc1)(c1ccccc1)c1ccccc1. The molecule has 0 aliphatic carbocycles. The van der Waals surface area contributed by atoms with Crippen molar-refractivity contribution in [3.05, 3.63) is 228 Å². The summed E-state index contributed by atoms with van der Waals surface area (Å²) in [5, 5.41) is 21.4. The van der Waals surface area contributed by atoms with E-state index in [9.17, 15) is 19.6 Å². The van der Waals surface area contributed by atoms with E-state index in [2.05, 4.69) is 36.4 Å². The van der Waals surface area contributed by atoms with Gasteiger partial charge in [0.15, 0.2) is 13.2 Å². The third-order valence-electron chi connectivity index (χ3n) is 9.75. The van der Waals surface area contributed by atoms with Crippen molar-refractivity contribution in [2.45, 2.75) is 46.0 Å². The van der Waals surface area contributed by atoms with Gasteiger partial charge in [-0.05, 0) is 105 Å². The van der Waals surface area contributed by atoms with Crippen molar-refractivity contribution >= 4 is 19.3 Å². The summed E-state index contributed by atoms with van der Waals surface area (Å²) in [7, 11) is -2.23. The number of pyridine rings is 2. The number of esters is 2. The molecule has 328 valence electrons. The molecule has 0 saturated heterocycles. The molecule has 0 radical (unpaired) electrons. The van der Waals surface area contributed by atoms with Crippen molar-refractivity contribution in [3.63, 3.8) is 0 Å². The highest BCUT2D eigenvalue weighted by Crippen LogP contribution is 2.43. The van der Waals surface area contributed by atoms with Gasteiger partial charge in [-0.15, -0.1) is 0 Å². The third-order valence-corrected chi connectivity index (χ3v) is 9.75. The largest absolute Gasteiger partial charge is 0.871 e.